The van der Waals surface area contributed by atoms with Gasteiger partial charge in [0.25, 0.3) is 0 Å². The van der Waals surface area contributed by atoms with Gasteiger partial charge in [-0.1, -0.05) is 38.3 Å². The smallest absolute Gasteiger partial charge is 0.0572 e. The van der Waals surface area contributed by atoms with Crippen LogP contribution < -0.4 is 0 Å². The van der Waals surface area contributed by atoms with Crippen LogP contribution in [0.5, 0.6) is 0 Å². The van der Waals surface area contributed by atoms with Gasteiger partial charge in [0.2, 0.25) is 0 Å². The molecule has 0 amide bonds. The highest BCUT2D eigenvalue weighted by atomic mass is 13.9. The lowest BCUT2D eigenvalue weighted by Gasteiger charge is -1.92. The first-order chi connectivity index (χ1) is 5.18. The van der Waals surface area contributed by atoms with E-state index in [-0.39, 0.29) is 0 Å². The lowest BCUT2D eigenvalue weighted by atomic mass is 10.1. The number of allylic oxidation sites excluding steroid dienone is 2. The molecule has 0 saturated carbocycles. The summed E-state index contributed by atoms with van der Waals surface area (Å²) >= 11 is 0. The van der Waals surface area contributed by atoms with E-state index in [0.717, 1.165) is 12.8 Å². The van der Waals surface area contributed by atoms with Crippen LogP contribution in [0, 0.1) is 0 Å². The summed E-state index contributed by atoms with van der Waals surface area (Å²) in [5, 5.41) is 0. The summed E-state index contributed by atoms with van der Waals surface area (Å²) in [7, 11) is 0. The molecule has 0 fully saturated rings. The van der Waals surface area contributed by atoms with Crippen LogP contribution in [0.4, 0.5) is 0 Å². The van der Waals surface area contributed by atoms with Gasteiger partial charge in [-0.25, -0.2) is 0 Å². The molecule has 0 radical (unpaired) electrons. The summed E-state index contributed by atoms with van der Waals surface area (Å²) in [5.41, 5.74) is 0. The molecule has 0 rings (SSSR count). The Labute approximate surface area is 61.8 Å². The molecule has 54 valence electrons. The Kier molecular flexibility index (Phi) is 4.75. The third-order valence-electron chi connectivity index (χ3n) is 1.33. The molecule has 0 saturated heterocycles. The van der Waals surface area contributed by atoms with E-state index in [1.54, 1.807) is 6.92 Å². The van der Waals surface area contributed by atoms with Crippen LogP contribution in [0.2, 0.25) is 0 Å². The molecular formula is C9H18. The normalized spacial score (nSPS) is 16.2. The Bertz CT molecular complexity index is 124. The Morgan fingerprint density at radius 2 is 2.11 bits per heavy atom. The summed E-state index contributed by atoms with van der Waals surface area (Å²) in [6.07, 6.45) is 5.55. The van der Waals surface area contributed by atoms with E-state index in [1.165, 1.54) is 19.3 Å². The van der Waals surface area contributed by atoms with Gasteiger partial charge in [-0.15, -0.1) is 0 Å². The molecular weight excluding hydrogens is 108 g/mol. The number of unbranched alkanes of at least 4 members (excludes halogenated alkanes) is 3. The third-order valence-corrected chi connectivity index (χ3v) is 1.33. The zero-order valence-corrected chi connectivity index (χ0v) is 6.54. The van der Waals surface area contributed by atoms with Gasteiger partial charge in [0.05, 0.1) is 2.74 Å². The van der Waals surface area contributed by atoms with Crippen LogP contribution in [0.3, 0.4) is 0 Å². The summed E-state index contributed by atoms with van der Waals surface area (Å²) in [4.78, 5) is 0. The second-order valence-electron chi connectivity index (χ2n) is 2.24. The van der Waals surface area contributed by atoms with E-state index in [1.807, 2.05) is 0 Å². The van der Waals surface area contributed by atoms with Gasteiger partial charge in [-0.3, -0.25) is 0 Å². The monoisotopic (exact) mass is 128 g/mol. The molecule has 0 nitrogen and oxygen atoms in total. The molecule has 9 heavy (non-hydrogen) atoms. The van der Waals surface area contributed by atoms with Crippen molar-refractivity contribution in [3.05, 3.63) is 12.1 Å². The van der Waals surface area contributed by atoms with Gasteiger partial charge in [-0.2, -0.15) is 0 Å². The summed E-state index contributed by atoms with van der Waals surface area (Å²) in [6.45, 7) is 3.86. The fourth-order valence-corrected chi connectivity index (χ4v) is 0.765. The standard InChI is InChI=1S/C9H18/c1-3-5-7-9-8-6-4-2/h3,5H,4,6-9H2,1-2H3/b5-3-/i3D,5D. The molecule has 0 aromatic rings. The molecule has 0 aliphatic rings. The van der Waals surface area contributed by atoms with E-state index in [0.29, 0.717) is 12.1 Å². The second kappa shape index (κ2) is 7.74. The van der Waals surface area contributed by atoms with Gasteiger partial charge in [0, 0.05) is 0 Å². The first kappa shape index (κ1) is 5.52. The van der Waals surface area contributed by atoms with Crippen molar-refractivity contribution >= 4 is 0 Å². The number of rotatable bonds is 5. The van der Waals surface area contributed by atoms with Gasteiger partial charge >= 0.3 is 0 Å². The molecule has 0 bridgehead atoms. The fourth-order valence-electron chi connectivity index (χ4n) is 0.765. The highest BCUT2D eigenvalue weighted by Gasteiger charge is 1.82. The molecule has 0 aliphatic heterocycles. The average molecular weight is 128 g/mol. The Morgan fingerprint density at radius 3 is 2.67 bits per heavy atom. The van der Waals surface area contributed by atoms with Crippen molar-refractivity contribution in [2.45, 2.75) is 46.0 Å². The van der Waals surface area contributed by atoms with Crippen molar-refractivity contribution in [1.82, 2.24) is 0 Å². The molecule has 0 aromatic heterocycles. The molecule has 0 heterocycles. The Morgan fingerprint density at radius 1 is 1.33 bits per heavy atom. The number of hydrogen-bond donors (Lipinski definition) is 0. The average Bonchev–Trinajstić information content (AvgIpc) is 1.97. The van der Waals surface area contributed by atoms with Crippen molar-refractivity contribution < 1.29 is 2.74 Å². The molecule has 0 aliphatic carbocycles. The summed E-state index contributed by atoms with van der Waals surface area (Å²) in [5.74, 6) is 0. The van der Waals surface area contributed by atoms with Crippen molar-refractivity contribution in [1.29, 1.82) is 0 Å². The summed E-state index contributed by atoms with van der Waals surface area (Å²) in [6, 6.07) is 0.919. The molecule has 0 aromatic carbocycles. The quantitative estimate of drug-likeness (QED) is 0.392. The fraction of sp³-hybridized carbons (Fsp3) is 0.778. The van der Waals surface area contributed by atoms with Crippen molar-refractivity contribution in [3.8, 4) is 0 Å². The Balaban J connectivity index is 3.32. The van der Waals surface area contributed by atoms with Crippen molar-refractivity contribution in [2.75, 3.05) is 0 Å². The minimum absolute atomic E-state index is 0.418. The molecule has 0 unspecified atom stereocenters. The van der Waals surface area contributed by atoms with E-state index in [2.05, 4.69) is 6.92 Å². The van der Waals surface area contributed by atoms with E-state index in [9.17, 15) is 0 Å². The van der Waals surface area contributed by atoms with Gasteiger partial charge in [0.1, 0.15) is 0 Å². The lowest BCUT2D eigenvalue weighted by molar-refractivity contribution is 0.674. The maximum Gasteiger partial charge on any atom is 0.0572 e. The minimum Gasteiger partial charge on any atom is -0.0917 e. The van der Waals surface area contributed by atoms with Gasteiger partial charge in [0.15, 0.2) is 0 Å². The zero-order chi connectivity index (χ0) is 8.69. The molecule has 0 heteroatoms. The third kappa shape index (κ3) is 7.74. The van der Waals surface area contributed by atoms with Crippen LogP contribution >= 0.6 is 0 Å². The zero-order valence-electron chi connectivity index (χ0n) is 8.54. The lowest BCUT2D eigenvalue weighted by Crippen LogP contribution is -1.72. The minimum atomic E-state index is 0.418. The van der Waals surface area contributed by atoms with Crippen molar-refractivity contribution in [3.63, 3.8) is 0 Å². The first-order valence-electron chi connectivity index (χ1n) is 4.81. The van der Waals surface area contributed by atoms with E-state index >= 15 is 0 Å². The SMILES string of the molecule is [2H]/C(C)=C(\[2H])CCCCCC. The first-order valence-corrected chi connectivity index (χ1v) is 3.81. The van der Waals surface area contributed by atoms with Crippen LogP contribution in [0.25, 0.3) is 0 Å². The van der Waals surface area contributed by atoms with Crippen LogP contribution in [0.15, 0.2) is 12.1 Å². The molecule has 0 N–H and O–H groups in total. The second-order valence-corrected chi connectivity index (χ2v) is 2.24. The maximum absolute atomic E-state index is 7.35. The topological polar surface area (TPSA) is 0 Å². The van der Waals surface area contributed by atoms with Crippen molar-refractivity contribution in [2.24, 2.45) is 0 Å². The van der Waals surface area contributed by atoms with Crippen LogP contribution in [-0.4, -0.2) is 0 Å². The predicted octanol–water partition coefficient (Wildman–Crippen LogP) is 3.53. The number of hydrogen-bond acceptors (Lipinski definition) is 0. The van der Waals surface area contributed by atoms with Crippen LogP contribution in [0.1, 0.15) is 48.7 Å². The largest absolute Gasteiger partial charge is 0.0917 e. The molecule has 0 spiro atoms. The maximum atomic E-state index is 7.35. The van der Waals surface area contributed by atoms with E-state index in [4.69, 9.17) is 2.74 Å². The van der Waals surface area contributed by atoms with E-state index < -0.39 is 0 Å². The van der Waals surface area contributed by atoms with Gasteiger partial charge in [-0.05, 0) is 19.8 Å². The highest BCUT2D eigenvalue weighted by molar-refractivity contribution is 4.75. The predicted molar refractivity (Wildman–Crippen MR) is 43.6 cm³/mol. The summed E-state index contributed by atoms with van der Waals surface area (Å²) < 4.78 is 14.5. The van der Waals surface area contributed by atoms with Gasteiger partial charge < -0.3 is 0 Å². The molecule has 0 atom stereocenters. The Hall–Kier alpha value is -0.260. The highest BCUT2D eigenvalue weighted by Crippen LogP contribution is 2.02. The van der Waals surface area contributed by atoms with Crippen LogP contribution in [-0.2, 0) is 0 Å².